The summed E-state index contributed by atoms with van der Waals surface area (Å²) in [4.78, 5) is 45.7. The molecule has 3 amide bonds. The Bertz CT molecular complexity index is 769. The fourth-order valence-electron chi connectivity index (χ4n) is 4.38. The number of nitrogens with zero attached hydrogens (tertiary/aromatic N) is 3. The van der Waals surface area contributed by atoms with E-state index in [1.165, 1.54) is 25.9 Å². The van der Waals surface area contributed by atoms with E-state index >= 15 is 0 Å². The number of carbonyl (C=O) groups is 3. The highest BCUT2D eigenvalue weighted by Gasteiger charge is 2.34. The lowest BCUT2D eigenvalue weighted by molar-refractivity contribution is -0.139. The third-order valence-electron chi connectivity index (χ3n) is 6.24. The van der Waals surface area contributed by atoms with Gasteiger partial charge in [0, 0.05) is 32.3 Å². The van der Waals surface area contributed by atoms with Gasteiger partial charge in [0.2, 0.25) is 17.7 Å². The number of carbonyl (C=O) groups excluding carboxylic acids is 3. The largest absolute Gasteiger partial charge is 0.381 e. The molecule has 3 rings (SSSR count). The summed E-state index contributed by atoms with van der Waals surface area (Å²) in [5, 5.41) is 5.61. The molecule has 0 spiro atoms. The summed E-state index contributed by atoms with van der Waals surface area (Å²) >= 11 is 0. The summed E-state index contributed by atoms with van der Waals surface area (Å²) in [5.74, 6) is -0.641. The fourth-order valence-corrected chi connectivity index (χ4v) is 4.38. The molecule has 2 saturated heterocycles. The van der Waals surface area contributed by atoms with Crippen LogP contribution in [0.1, 0.15) is 57.2 Å². The first-order valence-corrected chi connectivity index (χ1v) is 12.1. The van der Waals surface area contributed by atoms with Gasteiger partial charge in [-0.1, -0.05) is 6.07 Å². The van der Waals surface area contributed by atoms with Gasteiger partial charge in [0.05, 0.1) is 24.9 Å². The minimum absolute atomic E-state index is 0.104. The van der Waals surface area contributed by atoms with Crippen LogP contribution in [-0.2, 0) is 19.1 Å². The second-order valence-corrected chi connectivity index (χ2v) is 8.77. The van der Waals surface area contributed by atoms with Crippen molar-refractivity contribution in [3.8, 4) is 0 Å². The standard InChI is InChI=1S/C24H37N5O4/c1-19(20-8-2-3-11-25-20)27-24(32)21-9-6-15-29(21)23(31)18-26-22(30)10-17-33-16-7-14-28-12-4-5-13-28/h2-3,8,11,19,21H,4-7,9-10,12-18H2,1H3,(H,26,30)(H,27,32)/t19-,21-/m0/s1. The molecule has 9 heteroatoms. The van der Waals surface area contributed by atoms with Crippen molar-refractivity contribution >= 4 is 17.7 Å². The van der Waals surface area contributed by atoms with Gasteiger partial charge in [-0.2, -0.15) is 0 Å². The van der Waals surface area contributed by atoms with Gasteiger partial charge in [0.1, 0.15) is 6.04 Å². The number of nitrogens with one attached hydrogen (secondary N) is 2. The maximum absolute atomic E-state index is 12.8. The van der Waals surface area contributed by atoms with Crippen molar-refractivity contribution in [3.05, 3.63) is 30.1 Å². The van der Waals surface area contributed by atoms with Gasteiger partial charge < -0.3 is 25.2 Å². The first kappa shape index (κ1) is 25.1. The molecule has 2 atom stereocenters. The van der Waals surface area contributed by atoms with Gasteiger partial charge >= 0.3 is 0 Å². The van der Waals surface area contributed by atoms with Crippen molar-refractivity contribution in [2.45, 2.75) is 57.5 Å². The van der Waals surface area contributed by atoms with E-state index in [-0.39, 0.29) is 36.7 Å². The molecular weight excluding hydrogens is 422 g/mol. The fraction of sp³-hybridized carbons (Fsp3) is 0.667. The van der Waals surface area contributed by atoms with E-state index in [0.29, 0.717) is 26.2 Å². The van der Waals surface area contributed by atoms with Gasteiger partial charge in [-0.25, -0.2) is 0 Å². The Morgan fingerprint density at radius 2 is 1.97 bits per heavy atom. The zero-order chi connectivity index (χ0) is 23.5. The second-order valence-electron chi connectivity index (χ2n) is 8.77. The zero-order valence-electron chi connectivity index (χ0n) is 19.6. The Morgan fingerprint density at radius 3 is 2.73 bits per heavy atom. The molecule has 1 aromatic heterocycles. The maximum Gasteiger partial charge on any atom is 0.243 e. The normalized spacial score (nSPS) is 19.4. The molecule has 9 nitrogen and oxygen atoms in total. The highest BCUT2D eigenvalue weighted by molar-refractivity contribution is 5.90. The van der Waals surface area contributed by atoms with Gasteiger partial charge in [-0.15, -0.1) is 0 Å². The summed E-state index contributed by atoms with van der Waals surface area (Å²) in [7, 11) is 0. The smallest absolute Gasteiger partial charge is 0.243 e. The maximum atomic E-state index is 12.8. The number of aromatic nitrogens is 1. The summed E-state index contributed by atoms with van der Waals surface area (Å²) in [6, 6.07) is 4.80. The van der Waals surface area contributed by atoms with Crippen LogP contribution in [0, 0.1) is 0 Å². The molecule has 33 heavy (non-hydrogen) atoms. The minimum Gasteiger partial charge on any atom is -0.381 e. The van der Waals surface area contributed by atoms with Gasteiger partial charge in [0.25, 0.3) is 0 Å². The van der Waals surface area contributed by atoms with E-state index in [0.717, 1.165) is 25.1 Å². The van der Waals surface area contributed by atoms with Crippen LogP contribution < -0.4 is 10.6 Å². The summed E-state index contributed by atoms with van der Waals surface area (Å²) in [5.41, 5.74) is 0.771. The predicted molar refractivity (Wildman–Crippen MR) is 124 cm³/mol. The van der Waals surface area contributed by atoms with Gasteiger partial charge in [0.15, 0.2) is 0 Å². The van der Waals surface area contributed by atoms with Crippen LogP contribution in [0.5, 0.6) is 0 Å². The molecule has 3 heterocycles. The van der Waals surface area contributed by atoms with E-state index in [4.69, 9.17) is 4.74 Å². The molecule has 2 fully saturated rings. The number of hydrogen-bond acceptors (Lipinski definition) is 6. The van der Waals surface area contributed by atoms with Crippen LogP contribution in [0.3, 0.4) is 0 Å². The molecule has 182 valence electrons. The Labute approximate surface area is 196 Å². The Morgan fingerprint density at radius 1 is 1.15 bits per heavy atom. The molecule has 0 radical (unpaired) electrons. The predicted octanol–water partition coefficient (Wildman–Crippen LogP) is 1.26. The molecule has 0 saturated carbocycles. The number of likely N-dealkylation sites (tertiary alicyclic amines) is 2. The van der Waals surface area contributed by atoms with Crippen molar-refractivity contribution in [2.24, 2.45) is 0 Å². The lowest BCUT2D eigenvalue weighted by Crippen LogP contribution is -2.49. The number of rotatable bonds is 12. The first-order valence-electron chi connectivity index (χ1n) is 12.1. The van der Waals surface area contributed by atoms with E-state index < -0.39 is 6.04 Å². The van der Waals surface area contributed by atoms with Crippen molar-refractivity contribution in [1.29, 1.82) is 0 Å². The summed E-state index contributed by atoms with van der Waals surface area (Å²) < 4.78 is 5.55. The van der Waals surface area contributed by atoms with Crippen LogP contribution in [0.4, 0.5) is 0 Å². The summed E-state index contributed by atoms with van der Waals surface area (Å²) in [6.45, 7) is 6.68. The molecule has 0 unspecified atom stereocenters. The van der Waals surface area contributed by atoms with Crippen molar-refractivity contribution in [3.63, 3.8) is 0 Å². The van der Waals surface area contributed by atoms with E-state index in [2.05, 4.69) is 20.5 Å². The average Bonchev–Trinajstić information content (AvgIpc) is 3.52. The molecule has 0 bridgehead atoms. The molecular formula is C24H37N5O4. The SMILES string of the molecule is C[C@H](NC(=O)[C@@H]1CCCN1C(=O)CNC(=O)CCOCCCN1CCCC1)c1ccccn1. The molecule has 2 N–H and O–H groups in total. The van der Waals surface area contributed by atoms with Crippen LogP contribution >= 0.6 is 0 Å². The number of ether oxygens (including phenoxy) is 1. The highest BCUT2D eigenvalue weighted by Crippen LogP contribution is 2.19. The number of hydrogen-bond donors (Lipinski definition) is 2. The van der Waals surface area contributed by atoms with E-state index in [1.807, 2.05) is 25.1 Å². The van der Waals surface area contributed by atoms with Crippen LogP contribution in [0.25, 0.3) is 0 Å². The van der Waals surface area contributed by atoms with Crippen LogP contribution in [0.2, 0.25) is 0 Å². The monoisotopic (exact) mass is 459 g/mol. The highest BCUT2D eigenvalue weighted by atomic mass is 16.5. The first-order chi connectivity index (χ1) is 16.0. The van der Waals surface area contributed by atoms with Gasteiger partial charge in [-0.3, -0.25) is 19.4 Å². The van der Waals surface area contributed by atoms with Crippen molar-refractivity contribution in [1.82, 2.24) is 25.4 Å². The van der Waals surface area contributed by atoms with E-state index in [9.17, 15) is 14.4 Å². The zero-order valence-corrected chi connectivity index (χ0v) is 19.6. The van der Waals surface area contributed by atoms with Crippen LogP contribution in [-0.4, -0.2) is 84.5 Å². The van der Waals surface area contributed by atoms with Crippen molar-refractivity contribution < 1.29 is 19.1 Å². The molecule has 2 aliphatic rings. The third kappa shape index (κ3) is 8.08. The second kappa shape index (κ2) is 13.3. The Kier molecular flexibility index (Phi) is 10.1. The third-order valence-corrected chi connectivity index (χ3v) is 6.24. The molecule has 1 aromatic rings. The minimum atomic E-state index is -0.514. The Balaban J connectivity index is 1.31. The molecule has 0 aromatic carbocycles. The van der Waals surface area contributed by atoms with Crippen molar-refractivity contribution in [2.75, 3.05) is 45.9 Å². The molecule has 0 aliphatic carbocycles. The lowest BCUT2D eigenvalue weighted by atomic mass is 10.1. The number of pyridine rings is 1. The quantitative estimate of drug-likeness (QED) is 0.456. The lowest BCUT2D eigenvalue weighted by Gasteiger charge is -2.25. The topological polar surface area (TPSA) is 104 Å². The van der Waals surface area contributed by atoms with Gasteiger partial charge in [-0.05, 0) is 64.3 Å². The summed E-state index contributed by atoms with van der Waals surface area (Å²) in [6.07, 6.45) is 6.83. The average molecular weight is 460 g/mol. The van der Waals surface area contributed by atoms with Crippen LogP contribution in [0.15, 0.2) is 24.4 Å². The molecule has 2 aliphatic heterocycles. The van der Waals surface area contributed by atoms with E-state index in [1.54, 1.807) is 11.1 Å². The number of amides is 3. The Hall–Kier alpha value is -2.52.